The minimum Gasteiger partial charge on any atom is -0.439 e. The molecule has 8 nitrogen and oxygen atoms in total. The van der Waals surface area contributed by atoms with E-state index in [4.69, 9.17) is 4.74 Å². The second-order valence-corrected chi connectivity index (χ2v) is 7.53. The highest BCUT2D eigenvalue weighted by Crippen LogP contribution is 2.30. The zero-order valence-corrected chi connectivity index (χ0v) is 17.7. The van der Waals surface area contributed by atoms with Gasteiger partial charge in [0.2, 0.25) is 5.88 Å². The lowest BCUT2D eigenvalue weighted by molar-refractivity contribution is -0.137. The predicted molar refractivity (Wildman–Crippen MR) is 117 cm³/mol. The summed E-state index contributed by atoms with van der Waals surface area (Å²) in [6.07, 6.45) is -0.565. The van der Waals surface area contributed by atoms with Crippen molar-refractivity contribution < 1.29 is 27.8 Å². The van der Waals surface area contributed by atoms with Crippen molar-refractivity contribution in [1.29, 1.82) is 0 Å². The lowest BCUT2D eigenvalue weighted by Gasteiger charge is -2.33. The summed E-state index contributed by atoms with van der Waals surface area (Å²) in [6.45, 7) is 0.310. The van der Waals surface area contributed by atoms with Crippen LogP contribution in [-0.4, -0.2) is 44.0 Å². The second kappa shape index (κ2) is 9.87. The van der Waals surface area contributed by atoms with E-state index in [1.165, 1.54) is 11.1 Å². The van der Waals surface area contributed by atoms with Crippen LogP contribution in [0.1, 0.15) is 24.0 Å². The summed E-state index contributed by atoms with van der Waals surface area (Å²) >= 11 is 0. The fourth-order valence-electron chi connectivity index (χ4n) is 3.41. The van der Waals surface area contributed by atoms with Crippen LogP contribution in [0.4, 0.5) is 23.8 Å². The molecule has 1 saturated heterocycles. The number of ether oxygens (including phenoxy) is 1. The molecule has 1 aromatic carbocycles. The molecule has 1 unspecified atom stereocenters. The van der Waals surface area contributed by atoms with Crippen molar-refractivity contribution in [1.82, 2.24) is 20.1 Å². The van der Waals surface area contributed by atoms with Crippen LogP contribution >= 0.6 is 0 Å². The molecule has 2 amide bonds. The number of hydrogen-bond acceptors (Lipinski definition) is 6. The molecule has 4 rings (SSSR count). The van der Waals surface area contributed by atoms with E-state index in [-0.39, 0.29) is 12.3 Å². The van der Waals surface area contributed by atoms with Gasteiger partial charge in [-0.15, -0.1) is 5.10 Å². The van der Waals surface area contributed by atoms with Gasteiger partial charge in [-0.2, -0.15) is 18.3 Å². The molecule has 34 heavy (non-hydrogen) atoms. The number of carbonyl (C=O) groups excluding carboxylic acids is 1. The van der Waals surface area contributed by atoms with Gasteiger partial charge in [-0.25, -0.2) is 9.78 Å². The van der Waals surface area contributed by atoms with Crippen molar-refractivity contribution in [3.63, 3.8) is 0 Å². The van der Waals surface area contributed by atoms with Crippen molar-refractivity contribution in [3.8, 4) is 11.6 Å². The molecule has 3 aromatic rings. The Morgan fingerprint density at radius 3 is 2.74 bits per heavy atom. The van der Waals surface area contributed by atoms with Gasteiger partial charge in [0.1, 0.15) is 12.0 Å². The maximum Gasteiger partial charge on any atom is 0.417 e. The van der Waals surface area contributed by atoms with Gasteiger partial charge < -0.3 is 9.84 Å². The number of amides is 2. The van der Waals surface area contributed by atoms with E-state index in [1.807, 2.05) is 12.1 Å². The molecule has 1 aliphatic rings. The Bertz CT molecular complexity index is 1170. The van der Waals surface area contributed by atoms with Crippen LogP contribution < -0.4 is 10.1 Å². The Balaban J connectivity index is 1.38. The third-order valence-corrected chi connectivity index (χ3v) is 5.06. The SMILES string of the molecule is O=C(Nc1cccnn1)N1CCC(=Cc2cccc(Oc3ccc(C(F)(F)F)cn3)c2)CC1O. The van der Waals surface area contributed by atoms with Gasteiger partial charge in [0.25, 0.3) is 0 Å². The van der Waals surface area contributed by atoms with Crippen LogP contribution in [0.25, 0.3) is 6.08 Å². The molecule has 0 aliphatic carbocycles. The summed E-state index contributed by atoms with van der Waals surface area (Å²) in [4.78, 5) is 17.4. The molecule has 0 spiro atoms. The Morgan fingerprint density at radius 1 is 1.21 bits per heavy atom. The Kier molecular flexibility index (Phi) is 6.73. The van der Waals surface area contributed by atoms with Gasteiger partial charge in [-0.05, 0) is 42.3 Å². The zero-order chi connectivity index (χ0) is 24.1. The van der Waals surface area contributed by atoms with Gasteiger partial charge in [0.05, 0.1) is 5.56 Å². The largest absolute Gasteiger partial charge is 0.439 e. The van der Waals surface area contributed by atoms with E-state index < -0.39 is 24.0 Å². The summed E-state index contributed by atoms with van der Waals surface area (Å²) in [5.74, 6) is 0.735. The molecule has 0 bridgehead atoms. The molecule has 2 aromatic heterocycles. The highest BCUT2D eigenvalue weighted by atomic mass is 19.4. The minimum atomic E-state index is -4.46. The number of nitrogens with one attached hydrogen (secondary N) is 1. The number of halogens is 3. The number of alkyl halides is 3. The fourth-order valence-corrected chi connectivity index (χ4v) is 3.41. The van der Waals surface area contributed by atoms with Crippen LogP contribution in [0.3, 0.4) is 0 Å². The van der Waals surface area contributed by atoms with Crippen molar-refractivity contribution in [2.45, 2.75) is 25.2 Å². The number of hydrogen-bond donors (Lipinski definition) is 2. The van der Waals surface area contributed by atoms with E-state index >= 15 is 0 Å². The summed E-state index contributed by atoms with van der Waals surface area (Å²) < 4.78 is 43.6. The van der Waals surface area contributed by atoms with Crippen molar-refractivity contribution in [3.05, 3.63) is 77.6 Å². The number of aliphatic hydroxyl groups excluding tert-OH is 1. The number of aliphatic hydroxyl groups is 1. The molecular formula is C23H20F3N5O3. The maximum absolute atomic E-state index is 12.7. The number of rotatable bonds is 4. The first-order valence-electron chi connectivity index (χ1n) is 10.3. The lowest BCUT2D eigenvalue weighted by Crippen LogP contribution is -2.46. The van der Waals surface area contributed by atoms with E-state index in [1.54, 1.807) is 30.3 Å². The van der Waals surface area contributed by atoms with Gasteiger partial charge in [0.15, 0.2) is 5.82 Å². The topological polar surface area (TPSA) is 100 Å². The second-order valence-electron chi connectivity index (χ2n) is 7.53. The average Bonchev–Trinajstić information content (AvgIpc) is 2.80. The number of urea groups is 1. The summed E-state index contributed by atoms with van der Waals surface area (Å²) in [7, 11) is 0. The Morgan fingerprint density at radius 2 is 2.06 bits per heavy atom. The molecule has 3 heterocycles. The number of benzene rings is 1. The Hall–Kier alpha value is -3.99. The quantitative estimate of drug-likeness (QED) is 0.572. The number of aromatic nitrogens is 3. The van der Waals surface area contributed by atoms with E-state index in [0.717, 1.165) is 29.5 Å². The molecule has 1 atom stereocenters. The van der Waals surface area contributed by atoms with Crippen molar-refractivity contribution in [2.24, 2.45) is 0 Å². The molecule has 176 valence electrons. The number of likely N-dealkylation sites (tertiary alicyclic amines) is 1. The van der Waals surface area contributed by atoms with Gasteiger partial charge >= 0.3 is 12.2 Å². The molecule has 1 aliphatic heterocycles. The first-order valence-corrected chi connectivity index (χ1v) is 10.3. The summed E-state index contributed by atoms with van der Waals surface area (Å²) in [6, 6.07) is 11.8. The summed E-state index contributed by atoms with van der Waals surface area (Å²) in [5.41, 5.74) is 0.860. The monoisotopic (exact) mass is 471 g/mol. The van der Waals surface area contributed by atoms with Gasteiger partial charge in [-0.1, -0.05) is 23.8 Å². The van der Waals surface area contributed by atoms with Crippen LogP contribution in [0.15, 0.2) is 66.5 Å². The van der Waals surface area contributed by atoms with E-state index in [0.29, 0.717) is 24.5 Å². The van der Waals surface area contributed by atoms with Gasteiger partial charge in [0, 0.05) is 31.4 Å². The number of piperidine rings is 1. The third kappa shape index (κ3) is 5.87. The van der Waals surface area contributed by atoms with E-state index in [9.17, 15) is 23.1 Å². The first kappa shape index (κ1) is 23.2. The highest BCUT2D eigenvalue weighted by molar-refractivity contribution is 5.88. The van der Waals surface area contributed by atoms with Crippen LogP contribution in [0.2, 0.25) is 0 Å². The minimum absolute atomic E-state index is 0.0376. The van der Waals surface area contributed by atoms with Crippen molar-refractivity contribution >= 4 is 17.9 Å². The van der Waals surface area contributed by atoms with Gasteiger partial charge in [-0.3, -0.25) is 10.2 Å². The van der Waals surface area contributed by atoms with Crippen LogP contribution in [0.5, 0.6) is 11.6 Å². The number of nitrogens with zero attached hydrogens (tertiary/aromatic N) is 4. The number of anilines is 1. The Labute approximate surface area is 192 Å². The van der Waals surface area contributed by atoms with E-state index in [2.05, 4.69) is 20.5 Å². The molecule has 0 radical (unpaired) electrons. The smallest absolute Gasteiger partial charge is 0.417 e. The molecule has 2 N–H and O–H groups in total. The standard InChI is InChI=1S/C23H20F3N5O3/c24-23(25,26)17-6-7-20(27-14-17)34-18-4-1-3-15(12-18)11-16-8-10-31(21(32)13-16)22(33)29-19-5-2-9-28-30-19/h1-7,9,11-12,14,21,32H,8,10,13H2,(H,29,30,33). The molecular weight excluding hydrogens is 451 g/mol. The number of carbonyl (C=O) groups is 1. The highest BCUT2D eigenvalue weighted by Gasteiger charge is 2.31. The van der Waals surface area contributed by atoms with Crippen molar-refractivity contribution in [2.75, 3.05) is 11.9 Å². The third-order valence-electron chi connectivity index (χ3n) is 5.06. The zero-order valence-electron chi connectivity index (χ0n) is 17.7. The van der Waals surface area contributed by atoms with Crippen LogP contribution in [0, 0.1) is 0 Å². The summed E-state index contributed by atoms with van der Waals surface area (Å²) in [5, 5.41) is 20.6. The molecule has 0 saturated carbocycles. The first-order chi connectivity index (χ1) is 16.3. The maximum atomic E-state index is 12.7. The fraction of sp³-hybridized carbons (Fsp3) is 0.217. The lowest BCUT2D eigenvalue weighted by atomic mass is 9.99. The molecule has 11 heteroatoms. The molecule has 1 fully saturated rings. The normalized spacial score (nSPS) is 17.5. The predicted octanol–water partition coefficient (Wildman–Crippen LogP) is 4.71. The average molecular weight is 471 g/mol. The number of pyridine rings is 1. The van der Waals surface area contributed by atoms with Crippen LogP contribution in [-0.2, 0) is 6.18 Å².